The first-order valence-electron chi connectivity index (χ1n) is 9.63. The highest BCUT2D eigenvalue weighted by molar-refractivity contribution is 5.82. The van der Waals surface area contributed by atoms with Gasteiger partial charge in [0.25, 0.3) is 0 Å². The summed E-state index contributed by atoms with van der Waals surface area (Å²) in [6, 6.07) is 0. The minimum Gasteiger partial charge on any atom is -0.347 e. The predicted octanol–water partition coefficient (Wildman–Crippen LogP) is 4.02. The topological polar surface area (TPSA) is 35.5 Å². The number of ketones is 1. The standard InChI is InChI=1S/C20H28O3/c1-19-8-6-16-15-5-3-14(21)12-13(15)2-4-17(16)18(19)7-9-20(19)22-10-11-23-20/h16-18H,2-12H2,1H3. The molecule has 1 aliphatic heterocycles. The summed E-state index contributed by atoms with van der Waals surface area (Å²) in [5.41, 5.74) is 3.41. The smallest absolute Gasteiger partial charge is 0.174 e. The van der Waals surface area contributed by atoms with Crippen molar-refractivity contribution in [3.05, 3.63) is 11.1 Å². The van der Waals surface area contributed by atoms with Gasteiger partial charge in [0.2, 0.25) is 0 Å². The van der Waals surface area contributed by atoms with E-state index in [2.05, 4.69) is 6.92 Å². The third kappa shape index (κ3) is 1.87. The van der Waals surface area contributed by atoms with Gasteiger partial charge in [-0.05, 0) is 56.3 Å². The molecule has 5 rings (SSSR count). The summed E-state index contributed by atoms with van der Waals surface area (Å²) in [4.78, 5) is 11.8. The van der Waals surface area contributed by atoms with Crippen molar-refractivity contribution >= 4 is 5.78 Å². The third-order valence-electron chi connectivity index (χ3n) is 8.00. The van der Waals surface area contributed by atoms with Crippen molar-refractivity contribution in [1.82, 2.24) is 0 Å². The van der Waals surface area contributed by atoms with Crippen molar-refractivity contribution in [2.24, 2.45) is 23.2 Å². The van der Waals surface area contributed by atoms with Crippen LogP contribution in [0.1, 0.15) is 64.7 Å². The Morgan fingerprint density at radius 3 is 2.65 bits per heavy atom. The summed E-state index contributed by atoms with van der Waals surface area (Å²) >= 11 is 0. The van der Waals surface area contributed by atoms with Crippen molar-refractivity contribution in [3.8, 4) is 0 Å². The molecular formula is C20H28O3. The van der Waals surface area contributed by atoms with Crippen LogP contribution in [0.5, 0.6) is 0 Å². The lowest BCUT2D eigenvalue weighted by atomic mass is 9.53. The van der Waals surface area contributed by atoms with Gasteiger partial charge in [-0.2, -0.15) is 0 Å². The minimum absolute atomic E-state index is 0.202. The Morgan fingerprint density at radius 2 is 1.83 bits per heavy atom. The molecular weight excluding hydrogens is 288 g/mol. The molecule has 23 heavy (non-hydrogen) atoms. The Labute approximate surface area is 138 Å². The molecule has 4 atom stereocenters. The second-order valence-electron chi connectivity index (χ2n) is 8.70. The van der Waals surface area contributed by atoms with Crippen LogP contribution in [0.25, 0.3) is 0 Å². The molecule has 0 N–H and O–H groups in total. The van der Waals surface area contributed by atoms with E-state index in [0.717, 1.165) is 56.7 Å². The van der Waals surface area contributed by atoms with Crippen molar-refractivity contribution in [2.75, 3.05) is 13.2 Å². The van der Waals surface area contributed by atoms with Crippen LogP contribution in [0.3, 0.4) is 0 Å². The maximum atomic E-state index is 11.8. The molecule has 0 aromatic rings. The molecule has 4 aliphatic carbocycles. The number of ether oxygens (including phenoxy) is 2. The summed E-state index contributed by atoms with van der Waals surface area (Å²) in [5.74, 6) is 2.48. The van der Waals surface area contributed by atoms with Crippen molar-refractivity contribution in [1.29, 1.82) is 0 Å². The van der Waals surface area contributed by atoms with E-state index in [-0.39, 0.29) is 11.2 Å². The Balaban J connectivity index is 1.47. The highest BCUT2D eigenvalue weighted by Crippen LogP contribution is 2.66. The van der Waals surface area contributed by atoms with Crippen LogP contribution in [0.4, 0.5) is 0 Å². The van der Waals surface area contributed by atoms with Crippen LogP contribution in [0.2, 0.25) is 0 Å². The molecule has 3 heteroatoms. The molecule has 3 fully saturated rings. The molecule has 0 aromatic carbocycles. The van der Waals surface area contributed by atoms with Crippen LogP contribution in [-0.4, -0.2) is 24.8 Å². The first-order valence-corrected chi connectivity index (χ1v) is 9.63. The molecule has 0 amide bonds. The zero-order valence-corrected chi connectivity index (χ0v) is 14.2. The van der Waals surface area contributed by atoms with E-state index in [1.165, 1.54) is 37.7 Å². The number of fused-ring (bicyclic) bond motifs is 5. The number of hydrogen-bond donors (Lipinski definition) is 0. The Morgan fingerprint density at radius 1 is 1.00 bits per heavy atom. The van der Waals surface area contributed by atoms with Gasteiger partial charge in [-0.25, -0.2) is 0 Å². The number of allylic oxidation sites excluding steroid dienone is 2. The van der Waals surface area contributed by atoms with E-state index in [1.807, 2.05) is 0 Å². The molecule has 3 nitrogen and oxygen atoms in total. The summed E-state index contributed by atoms with van der Waals surface area (Å²) in [6.45, 7) is 3.99. The average molecular weight is 316 g/mol. The van der Waals surface area contributed by atoms with Gasteiger partial charge in [0.1, 0.15) is 5.78 Å². The Kier molecular flexibility index (Phi) is 3.13. The molecule has 0 aromatic heterocycles. The average Bonchev–Trinajstić information content (AvgIpc) is 3.14. The second kappa shape index (κ2) is 4.92. The predicted molar refractivity (Wildman–Crippen MR) is 86.8 cm³/mol. The molecule has 5 aliphatic rings. The Hall–Kier alpha value is -0.670. The van der Waals surface area contributed by atoms with Crippen LogP contribution < -0.4 is 0 Å². The van der Waals surface area contributed by atoms with E-state index >= 15 is 0 Å². The molecule has 4 unspecified atom stereocenters. The molecule has 0 radical (unpaired) electrons. The number of hydrogen-bond acceptors (Lipinski definition) is 3. The number of carbonyl (C=O) groups excluding carboxylic acids is 1. The van der Waals surface area contributed by atoms with Crippen LogP contribution in [-0.2, 0) is 14.3 Å². The normalized spacial score (nSPS) is 45.1. The lowest BCUT2D eigenvalue weighted by Gasteiger charge is -2.53. The van der Waals surface area contributed by atoms with E-state index in [4.69, 9.17) is 9.47 Å². The van der Waals surface area contributed by atoms with Crippen molar-refractivity contribution < 1.29 is 14.3 Å². The molecule has 126 valence electrons. The van der Waals surface area contributed by atoms with Crippen LogP contribution in [0, 0.1) is 23.2 Å². The molecule has 1 spiro atoms. The van der Waals surface area contributed by atoms with Gasteiger partial charge in [-0.3, -0.25) is 4.79 Å². The maximum Gasteiger partial charge on any atom is 0.174 e. The van der Waals surface area contributed by atoms with E-state index in [0.29, 0.717) is 5.78 Å². The molecule has 1 saturated heterocycles. The van der Waals surface area contributed by atoms with Crippen LogP contribution >= 0.6 is 0 Å². The molecule has 1 heterocycles. The van der Waals surface area contributed by atoms with Gasteiger partial charge in [-0.1, -0.05) is 18.1 Å². The van der Waals surface area contributed by atoms with Crippen molar-refractivity contribution in [3.63, 3.8) is 0 Å². The third-order valence-corrected chi connectivity index (χ3v) is 8.00. The summed E-state index contributed by atoms with van der Waals surface area (Å²) in [7, 11) is 0. The summed E-state index contributed by atoms with van der Waals surface area (Å²) in [5, 5.41) is 0. The lowest BCUT2D eigenvalue weighted by Crippen LogP contribution is -2.52. The second-order valence-corrected chi connectivity index (χ2v) is 8.70. The van der Waals surface area contributed by atoms with Gasteiger partial charge in [0, 0.05) is 24.7 Å². The molecule has 2 saturated carbocycles. The minimum atomic E-state index is -0.278. The SMILES string of the molecule is CC12CCC3C4=C(CCC3C1CCC21OCCO1)CC(=O)CC4. The lowest BCUT2D eigenvalue weighted by molar-refractivity contribution is -0.238. The summed E-state index contributed by atoms with van der Waals surface area (Å²) in [6.07, 6.45) is 9.91. The number of rotatable bonds is 0. The zero-order valence-electron chi connectivity index (χ0n) is 14.2. The fraction of sp³-hybridized carbons (Fsp3) is 0.850. The van der Waals surface area contributed by atoms with E-state index < -0.39 is 0 Å². The first kappa shape index (κ1) is 14.7. The van der Waals surface area contributed by atoms with E-state index in [1.54, 1.807) is 5.57 Å². The Bertz CT molecular complexity index is 571. The zero-order chi connectivity index (χ0) is 15.7. The van der Waals surface area contributed by atoms with Gasteiger partial charge in [0.05, 0.1) is 13.2 Å². The number of carbonyl (C=O) groups is 1. The van der Waals surface area contributed by atoms with Gasteiger partial charge in [-0.15, -0.1) is 0 Å². The van der Waals surface area contributed by atoms with Crippen LogP contribution in [0.15, 0.2) is 11.1 Å². The summed E-state index contributed by atoms with van der Waals surface area (Å²) < 4.78 is 12.4. The van der Waals surface area contributed by atoms with Gasteiger partial charge < -0.3 is 9.47 Å². The highest BCUT2D eigenvalue weighted by Gasteiger charge is 2.65. The van der Waals surface area contributed by atoms with E-state index in [9.17, 15) is 4.79 Å². The largest absolute Gasteiger partial charge is 0.347 e. The fourth-order valence-electron chi connectivity index (χ4n) is 6.94. The first-order chi connectivity index (χ1) is 11.1. The van der Waals surface area contributed by atoms with Gasteiger partial charge >= 0.3 is 0 Å². The fourth-order valence-corrected chi connectivity index (χ4v) is 6.94. The maximum absolute atomic E-state index is 11.8. The number of Topliss-reactive ketones (excluding diaryl/α,β-unsaturated/α-hetero) is 1. The van der Waals surface area contributed by atoms with Gasteiger partial charge in [0.15, 0.2) is 5.79 Å². The molecule has 0 bridgehead atoms. The quantitative estimate of drug-likeness (QED) is 0.633. The highest BCUT2D eigenvalue weighted by atomic mass is 16.7. The monoisotopic (exact) mass is 316 g/mol. The van der Waals surface area contributed by atoms with Crippen molar-refractivity contribution in [2.45, 2.75) is 70.5 Å².